The van der Waals surface area contributed by atoms with E-state index in [4.69, 9.17) is 18.9 Å². The standard InChI is InChI=1S/C54H25B2N3O4/c1-3-17-36-26(9-1)27-10-2-4-18-37(27)57(36)52-53-34(55-32-15-5-11-28-30-13-7-19-40-48(30)58(46(28)32)50-42(60-40)23-21-38(62-53)44(50)55)25-35-54(52)63-39-22-24-43-51-45(39)56(35)33-16-6-12-29-31-14-8-20-41(61-43)49(31)59(51)47(29)33/h1-25H. The zero-order chi connectivity index (χ0) is 40.1. The fraction of sp³-hybridized carbons (Fsp3) is 0. The maximum atomic E-state index is 7.50. The molecule has 9 heteroatoms. The van der Waals surface area contributed by atoms with Gasteiger partial charge in [-0.3, -0.25) is 0 Å². The topological polar surface area (TPSA) is 51.7 Å². The van der Waals surface area contributed by atoms with E-state index in [-0.39, 0.29) is 13.4 Å². The molecule has 6 aliphatic heterocycles. The van der Waals surface area contributed by atoms with E-state index in [1.54, 1.807) is 0 Å². The summed E-state index contributed by atoms with van der Waals surface area (Å²) < 4.78 is 35.9. The molecule has 0 radical (unpaired) electrons. The Kier molecular flexibility index (Phi) is 4.83. The first-order chi connectivity index (χ1) is 31.3. The summed E-state index contributed by atoms with van der Waals surface area (Å²) in [7, 11) is 0. The average molecular weight is 801 g/mol. The SMILES string of the molecule is c1ccc2c(c1)c1ccccc1n2-c1c2c(cc3c1Oc1ccc4c5c1B3c1cccc3c6cccc(c6n-5c13)O4)B1c3c(ccc4c3-n3c5c(cccc5c5cccc1c53)O4)O2. The molecule has 63 heavy (non-hydrogen) atoms. The van der Waals surface area contributed by atoms with E-state index >= 15 is 0 Å². The van der Waals surface area contributed by atoms with Crippen LogP contribution in [0, 0.1) is 0 Å². The Bertz CT molecular complexity index is 4040. The van der Waals surface area contributed by atoms with Gasteiger partial charge < -0.3 is 32.6 Å². The fourth-order valence-corrected chi connectivity index (χ4v) is 12.9. The minimum atomic E-state index is -0.163. The van der Waals surface area contributed by atoms with Crippen LogP contribution in [0.5, 0.6) is 46.0 Å². The molecule has 0 amide bonds. The predicted octanol–water partition coefficient (Wildman–Crippen LogP) is 9.06. The number of nitrogens with zero attached hydrogens (tertiary/aromatic N) is 3. The summed E-state index contributed by atoms with van der Waals surface area (Å²) in [6.45, 7) is -0.325. The maximum absolute atomic E-state index is 7.50. The number of ether oxygens (including phenoxy) is 4. The molecule has 12 aromatic rings. The van der Waals surface area contributed by atoms with Gasteiger partial charge >= 0.3 is 0 Å². The highest BCUT2D eigenvalue weighted by molar-refractivity contribution is 7.02. The number of hydrogen-bond acceptors (Lipinski definition) is 4. The van der Waals surface area contributed by atoms with Gasteiger partial charge in [-0.25, -0.2) is 0 Å². The second kappa shape index (κ2) is 9.91. The summed E-state index contributed by atoms with van der Waals surface area (Å²) in [6, 6.07) is 54.7. The first-order valence-corrected chi connectivity index (χ1v) is 21.7. The highest BCUT2D eigenvalue weighted by Gasteiger charge is 2.49. The van der Waals surface area contributed by atoms with Crippen LogP contribution < -0.4 is 51.7 Å². The Morgan fingerprint density at radius 3 is 1.24 bits per heavy atom. The Hall–Kier alpha value is -8.29. The molecule has 0 aliphatic carbocycles. The van der Waals surface area contributed by atoms with Crippen molar-refractivity contribution in [1.82, 2.24) is 13.7 Å². The van der Waals surface area contributed by atoms with Crippen molar-refractivity contribution in [1.29, 1.82) is 0 Å². The summed E-state index contributed by atoms with van der Waals surface area (Å²) in [5.41, 5.74) is 16.8. The lowest BCUT2D eigenvalue weighted by Gasteiger charge is -2.39. The van der Waals surface area contributed by atoms with Crippen molar-refractivity contribution in [3.05, 3.63) is 152 Å². The third-order valence-electron chi connectivity index (χ3n) is 15.1. The molecule has 0 fully saturated rings. The molecule has 0 N–H and O–H groups in total. The Balaban J connectivity index is 1.04. The molecule has 286 valence electrons. The third kappa shape index (κ3) is 3.20. The second-order valence-electron chi connectivity index (χ2n) is 17.8. The van der Waals surface area contributed by atoms with E-state index in [0.29, 0.717) is 0 Å². The zero-order valence-electron chi connectivity index (χ0n) is 33.1. The lowest BCUT2D eigenvalue weighted by Crippen LogP contribution is -2.63. The first-order valence-electron chi connectivity index (χ1n) is 21.7. The Morgan fingerprint density at radius 2 is 0.730 bits per heavy atom. The Labute approximate surface area is 357 Å². The van der Waals surface area contributed by atoms with Crippen molar-refractivity contribution in [3.63, 3.8) is 0 Å². The largest absolute Gasteiger partial charge is 0.456 e. The smallest absolute Gasteiger partial charge is 0.256 e. The van der Waals surface area contributed by atoms with E-state index < -0.39 is 0 Å². The molecule has 0 unspecified atom stereocenters. The number of hydrogen-bond donors (Lipinski definition) is 0. The number of aromatic nitrogens is 3. The third-order valence-corrected chi connectivity index (χ3v) is 15.1. The molecule has 3 aromatic heterocycles. The van der Waals surface area contributed by atoms with Gasteiger partial charge in [0.15, 0.2) is 34.5 Å². The zero-order valence-corrected chi connectivity index (χ0v) is 33.1. The summed E-state index contributed by atoms with van der Waals surface area (Å²) in [6.07, 6.45) is 0. The van der Waals surface area contributed by atoms with Crippen molar-refractivity contribution < 1.29 is 18.9 Å². The van der Waals surface area contributed by atoms with Crippen LogP contribution in [0.3, 0.4) is 0 Å². The van der Waals surface area contributed by atoms with E-state index in [0.717, 1.165) is 107 Å². The van der Waals surface area contributed by atoms with Crippen molar-refractivity contribution in [3.8, 4) is 63.1 Å². The van der Waals surface area contributed by atoms with Crippen molar-refractivity contribution in [2.45, 2.75) is 0 Å². The predicted molar refractivity (Wildman–Crippen MR) is 252 cm³/mol. The van der Waals surface area contributed by atoms with Gasteiger partial charge in [0.2, 0.25) is 0 Å². The van der Waals surface area contributed by atoms with Crippen LogP contribution in [-0.2, 0) is 0 Å². The lowest BCUT2D eigenvalue weighted by molar-refractivity contribution is 0.454. The molecule has 0 spiro atoms. The maximum Gasteiger partial charge on any atom is 0.256 e. The lowest BCUT2D eigenvalue weighted by atomic mass is 9.31. The van der Waals surface area contributed by atoms with Crippen LogP contribution in [0.15, 0.2) is 152 Å². The van der Waals surface area contributed by atoms with Crippen molar-refractivity contribution in [2.75, 3.05) is 0 Å². The molecule has 9 aromatic carbocycles. The van der Waals surface area contributed by atoms with Gasteiger partial charge in [-0.1, -0.05) is 103 Å². The summed E-state index contributed by atoms with van der Waals surface area (Å²) in [5, 5.41) is 7.18. The summed E-state index contributed by atoms with van der Waals surface area (Å²) >= 11 is 0. The molecule has 18 rings (SSSR count). The van der Waals surface area contributed by atoms with Gasteiger partial charge in [0, 0.05) is 54.3 Å². The molecule has 0 atom stereocenters. The number of benzene rings is 9. The molecule has 0 saturated heterocycles. The highest BCUT2D eigenvalue weighted by atomic mass is 16.5. The van der Waals surface area contributed by atoms with Gasteiger partial charge in [-0.05, 0) is 70.4 Å². The average Bonchev–Trinajstić information content (AvgIpc) is 3.98. The number of fused-ring (bicyclic) bond motifs is 11. The molecule has 0 bridgehead atoms. The summed E-state index contributed by atoms with van der Waals surface area (Å²) in [5.74, 6) is 6.68. The van der Waals surface area contributed by atoms with E-state index in [1.165, 1.54) is 54.3 Å². The molecule has 0 saturated carbocycles. The van der Waals surface area contributed by atoms with Crippen molar-refractivity contribution in [2.24, 2.45) is 0 Å². The minimum absolute atomic E-state index is 0.163. The van der Waals surface area contributed by atoms with Crippen LogP contribution in [0.1, 0.15) is 0 Å². The van der Waals surface area contributed by atoms with Gasteiger partial charge in [0.1, 0.15) is 17.2 Å². The van der Waals surface area contributed by atoms with E-state index in [1.807, 2.05) is 0 Å². The van der Waals surface area contributed by atoms with Crippen LogP contribution in [0.4, 0.5) is 0 Å². The minimum Gasteiger partial charge on any atom is -0.456 e. The van der Waals surface area contributed by atoms with Crippen LogP contribution >= 0.6 is 0 Å². The highest BCUT2D eigenvalue weighted by Crippen LogP contribution is 2.52. The summed E-state index contributed by atoms with van der Waals surface area (Å²) in [4.78, 5) is 0. The molecule has 7 nitrogen and oxygen atoms in total. The molecule has 9 heterocycles. The monoisotopic (exact) mass is 801 g/mol. The van der Waals surface area contributed by atoms with Crippen LogP contribution in [-0.4, -0.2) is 27.1 Å². The molecular formula is C54H25B2N3O4. The fourth-order valence-electron chi connectivity index (χ4n) is 12.9. The van der Waals surface area contributed by atoms with Crippen LogP contribution in [0.2, 0.25) is 0 Å². The second-order valence-corrected chi connectivity index (χ2v) is 17.8. The van der Waals surface area contributed by atoms with Gasteiger partial charge in [0.25, 0.3) is 13.4 Å². The van der Waals surface area contributed by atoms with Crippen LogP contribution in [0.25, 0.3) is 82.5 Å². The Morgan fingerprint density at radius 1 is 0.302 bits per heavy atom. The number of para-hydroxylation sites is 6. The quantitative estimate of drug-likeness (QED) is 0.156. The van der Waals surface area contributed by atoms with Gasteiger partial charge in [0.05, 0.1) is 33.4 Å². The molecule has 6 aliphatic rings. The van der Waals surface area contributed by atoms with Gasteiger partial charge in [-0.15, -0.1) is 0 Å². The number of rotatable bonds is 1. The van der Waals surface area contributed by atoms with Gasteiger partial charge in [-0.2, -0.15) is 0 Å². The van der Waals surface area contributed by atoms with E-state index in [9.17, 15) is 0 Å². The van der Waals surface area contributed by atoms with Crippen molar-refractivity contribution >= 4 is 112 Å². The first kappa shape index (κ1) is 30.7. The van der Waals surface area contributed by atoms with E-state index in [2.05, 4.69) is 165 Å². The normalized spacial score (nSPS) is 14.5. The molecular weight excluding hydrogens is 776 g/mol.